The number of nitrogens with one attached hydrogen (secondary N) is 1. The Hall–Kier alpha value is -1.06. The largest absolute Gasteiger partial charge is 0.492 e. The van der Waals surface area contributed by atoms with Crippen LogP contribution in [-0.2, 0) is 4.74 Å². The predicted octanol–water partition coefficient (Wildman–Crippen LogP) is 2.14. The Balaban J connectivity index is 1.86. The standard InChI is InChI=1S/C14H21NO2/c1-11-5-4-6-13(7-11)17-9-12-8-16-10-14(2,3)15-12/h4-7,12,15H,8-10H2,1-3H3. The molecule has 0 aromatic heterocycles. The molecule has 1 aliphatic rings. The topological polar surface area (TPSA) is 30.5 Å². The molecule has 1 N–H and O–H groups in total. The summed E-state index contributed by atoms with van der Waals surface area (Å²) in [5.74, 6) is 0.926. The molecule has 17 heavy (non-hydrogen) atoms. The molecule has 3 nitrogen and oxygen atoms in total. The van der Waals surface area contributed by atoms with Crippen LogP contribution in [0.5, 0.6) is 5.75 Å². The smallest absolute Gasteiger partial charge is 0.119 e. The van der Waals surface area contributed by atoms with Crippen molar-refractivity contribution in [3.8, 4) is 5.75 Å². The number of hydrogen-bond acceptors (Lipinski definition) is 3. The Kier molecular flexibility index (Phi) is 3.69. The number of morpholine rings is 1. The van der Waals surface area contributed by atoms with Crippen LogP contribution >= 0.6 is 0 Å². The van der Waals surface area contributed by atoms with Crippen LogP contribution in [0.25, 0.3) is 0 Å². The zero-order valence-corrected chi connectivity index (χ0v) is 10.8. The molecule has 1 aliphatic heterocycles. The summed E-state index contributed by atoms with van der Waals surface area (Å²) in [6, 6.07) is 8.38. The highest BCUT2D eigenvalue weighted by Gasteiger charge is 2.27. The molecular formula is C14H21NO2. The predicted molar refractivity (Wildman–Crippen MR) is 68.5 cm³/mol. The maximum atomic E-state index is 5.78. The second kappa shape index (κ2) is 5.07. The van der Waals surface area contributed by atoms with Crippen LogP contribution in [0, 0.1) is 6.92 Å². The van der Waals surface area contributed by atoms with E-state index in [1.54, 1.807) is 0 Å². The Morgan fingerprint density at radius 2 is 2.29 bits per heavy atom. The summed E-state index contributed by atoms with van der Waals surface area (Å²) in [6.07, 6.45) is 0. The number of hydrogen-bond donors (Lipinski definition) is 1. The molecule has 0 aliphatic carbocycles. The average Bonchev–Trinajstić information content (AvgIpc) is 2.25. The molecule has 0 spiro atoms. The average molecular weight is 235 g/mol. The van der Waals surface area contributed by atoms with Crippen molar-refractivity contribution in [2.75, 3.05) is 19.8 Å². The number of rotatable bonds is 3. The lowest BCUT2D eigenvalue weighted by Crippen LogP contribution is -2.57. The van der Waals surface area contributed by atoms with Crippen molar-refractivity contribution >= 4 is 0 Å². The lowest BCUT2D eigenvalue weighted by molar-refractivity contribution is 0.000943. The molecule has 94 valence electrons. The first-order chi connectivity index (χ1) is 8.05. The summed E-state index contributed by atoms with van der Waals surface area (Å²) in [4.78, 5) is 0. The minimum atomic E-state index is 0.0406. The number of ether oxygens (including phenoxy) is 2. The van der Waals surface area contributed by atoms with Gasteiger partial charge in [0.05, 0.1) is 19.3 Å². The number of aryl methyl sites for hydroxylation is 1. The van der Waals surface area contributed by atoms with Crippen molar-refractivity contribution in [2.45, 2.75) is 32.4 Å². The highest BCUT2D eigenvalue weighted by atomic mass is 16.5. The molecule has 0 amide bonds. The van der Waals surface area contributed by atoms with Gasteiger partial charge in [-0.25, -0.2) is 0 Å². The van der Waals surface area contributed by atoms with Crippen LogP contribution in [0.2, 0.25) is 0 Å². The molecule has 1 heterocycles. The van der Waals surface area contributed by atoms with E-state index in [0.717, 1.165) is 19.0 Å². The van der Waals surface area contributed by atoms with Crippen molar-refractivity contribution in [3.05, 3.63) is 29.8 Å². The van der Waals surface area contributed by atoms with E-state index in [-0.39, 0.29) is 11.6 Å². The van der Waals surface area contributed by atoms with Gasteiger partial charge in [0.25, 0.3) is 0 Å². The quantitative estimate of drug-likeness (QED) is 0.870. The minimum absolute atomic E-state index is 0.0406. The van der Waals surface area contributed by atoms with Gasteiger partial charge in [-0.3, -0.25) is 0 Å². The first-order valence-corrected chi connectivity index (χ1v) is 6.10. The minimum Gasteiger partial charge on any atom is -0.492 e. The fourth-order valence-electron chi connectivity index (χ4n) is 2.08. The van der Waals surface area contributed by atoms with Crippen molar-refractivity contribution in [1.29, 1.82) is 0 Å². The molecule has 1 saturated heterocycles. The first kappa shape index (κ1) is 12.4. The zero-order valence-electron chi connectivity index (χ0n) is 10.8. The normalized spacial score (nSPS) is 23.4. The maximum absolute atomic E-state index is 5.78. The fraction of sp³-hybridized carbons (Fsp3) is 0.571. The van der Waals surface area contributed by atoms with E-state index in [1.807, 2.05) is 12.1 Å². The monoisotopic (exact) mass is 235 g/mol. The Bertz CT molecular complexity index is 376. The van der Waals surface area contributed by atoms with Crippen LogP contribution in [-0.4, -0.2) is 31.4 Å². The molecule has 1 atom stereocenters. The third-order valence-electron chi connectivity index (χ3n) is 2.82. The summed E-state index contributed by atoms with van der Waals surface area (Å²) in [5.41, 5.74) is 1.26. The van der Waals surface area contributed by atoms with Crippen LogP contribution in [0.1, 0.15) is 19.4 Å². The fourth-order valence-corrected chi connectivity index (χ4v) is 2.08. The molecule has 0 bridgehead atoms. The molecule has 1 aromatic rings. The van der Waals surface area contributed by atoms with E-state index in [4.69, 9.17) is 9.47 Å². The van der Waals surface area contributed by atoms with Gasteiger partial charge in [0.2, 0.25) is 0 Å². The highest BCUT2D eigenvalue weighted by molar-refractivity contribution is 5.27. The van der Waals surface area contributed by atoms with Gasteiger partial charge in [-0.1, -0.05) is 12.1 Å². The van der Waals surface area contributed by atoms with Gasteiger partial charge in [-0.05, 0) is 38.5 Å². The van der Waals surface area contributed by atoms with Gasteiger partial charge < -0.3 is 14.8 Å². The van der Waals surface area contributed by atoms with E-state index >= 15 is 0 Å². The van der Waals surface area contributed by atoms with Crippen LogP contribution in [0.15, 0.2) is 24.3 Å². The second-order valence-electron chi connectivity index (χ2n) is 5.37. The summed E-state index contributed by atoms with van der Waals surface area (Å²) in [7, 11) is 0. The molecular weight excluding hydrogens is 214 g/mol. The molecule has 3 heteroatoms. The molecule has 2 rings (SSSR count). The lowest BCUT2D eigenvalue weighted by Gasteiger charge is -2.36. The number of benzene rings is 1. The van der Waals surface area contributed by atoms with Gasteiger partial charge in [-0.2, -0.15) is 0 Å². The van der Waals surface area contributed by atoms with Crippen molar-refractivity contribution < 1.29 is 9.47 Å². The van der Waals surface area contributed by atoms with Crippen molar-refractivity contribution in [3.63, 3.8) is 0 Å². The molecule has 0 radical (unpaired) electrons. The lowest BCUT2D eigenvalue weighted by atomic mass is 10.0. The molecule has 0 saturated carbocycles. The van der Waals surface area contributed by atoms with E-state index < -0.39 is 0 Å². The van der Waals surface area contributed by atoms with Gasteiger partial charge in [0.1, 0.15) is 12.4 Å². The van der Waals surface area contributed by atoms with E-state index in [2.05, 4.69) is 38.2 Å². The van der Waals surface area contributed by atoms with Crippen molar-refractivity contribution in [1.82, 2.24) is 5.32 Å². The first-order valence-electron chi connectivity index (χ1n) is 6.10. The van der Waals surface area contributed by atoms with E-state index in [9.17, 15) is 0 Å². The van der Waals surface area contributed by atoms with Gasteiger partial charge in [0, 0.05) is 5.54 Å². The molecule has 1 fully saturated rings. The van der Waals surface area contributed by atoms with Crippen LogP contribution < -0.4 is 10.1 Å². The summed E-state index contributed by atoms with van der Waals surface area (Å²) in [5, 5.41) is 3.53. The van der Waals surface area contributed by atoms with Crippen LogP contribution in [0.4, 0.5) is 0 Å². The Labute approximate surface area is 103 Å². The highest BCUT2D eigenvalue weighted by Crippen LogP contribution is 2.15. The van der Waals surface area contributed by atoms with Crippen molar-refractivity contribution in [2.24, 2.45) is 0 Å². The zero-order chi connectivity index (χ0) is 12.3. The second-order valence-corrected chi connectivity index (χ2v) is 5.37. The van der Waals surface area contributed by atoms with E-state index in [1.165, 1.54) is 5.56 Å². The van der Waals surface area contributed by atoms with E-state index in [0.29, 0.717) is 6.61 Å². The molecule has 1 unspecified atom stereocenters. The summed E-state index contributed by atoms with van der Waals surface area (Å²) >= 11 is 0. The molecule has 1 aromatic carbocycles. The van der Waals surface area contributed by atoms with Gasteiger partial charge in [-0.15, -0.1) is 0 Å². The SMILES string of the molecule is Cc1cccc(OCC2COCC(C)(C)N2)c1. The summed E-state index contributed by atoms with van der Waals surface area (Å²) < 4.78 is 11.3. The third-order valence-corrected chi connectivity index (χ3v) is 2.82. The third kappa shape index (κ3) is 3.72. The maximum Gasteiger partial charge on any atom is 0.119 e. The Morgan fingerprint density at radius 1 is 1.47 bits per heavy atom. The van der Waals surface area contributed by atoms with Gasteiger partial charge >= 0.3 is 0 Å². The van der Waals surface area contributed by atoms with Crippen LogP contribution in [0.3, 0.4) is 0 Å². The van der Waals surface area contributed by atoms with Gasteiger partial charge in [0.15, 0.2) is 0 Å². The Morgan fingerprint density at radius 3 is 3.00 bits per heavy atom. The summed E-state index contributed by atoms with van der Waals surface area (Å²) in [6.45, 7) is 8.48.